The summed E-state index contributed by atoms with van der Waals surface area (Å²) < 4.78 is 27.3. The van der Waals surface area contributed by atoms with Crippen LogP contribution in [0.2, 0.25) is 0 Å². The highest BCUT2D eigenvalue weighted by atomic mass is 32.2. The van der Waals surface area contributed by atoms with Crippen molar-refractivity contribution in [3.05, 3.63) is 95.6 Å². The smallest absolute Gasteiger partial charge is 0.261 e. The number of benzene rings is 3. The molecule has 0 aliphatic heterocycles. The summed E-state index contributed by atoms with van der Waals surface area (Å²) in [4.78, 5) is 12.9. The van der Waals surface area contributed by atoms with Crippen LogP contribution in [0.4, 0.5) is 5.69 Å². The Hall–Kier alpha value is -3.12. The van der Waals surface area contributed by atoms with E-state index in [4.69, 9.17) is 0 Å². The Bertz CT molecular complexity index is 1080. The van der Waals surface area contributed by atoms with Crippen LogP contribution in [0.5, 0.6) is 0 Å². The highest BCUT2D eigenvalue weighted by Gasteiger charge is 2.17. The van der Waals surface area contributed by atoms with Gasteiger partial charge in [0.15, 0.2) is 0 Å². The van der Waals surface area contributed by atoms with Gasteiger partial charge in [-0.1, -0.05) is 49.4 Å². The Morgan fingerprint density at radius 1 is 0.897 bits per heavy atom. The zero-order valence-electron chi connectivity index (χ0n) is 16.4. The van der Waals surface area contributed by atoms with Crippen molar-refractivity contribution in [3.8, 4) is 0 Å². The molecule has 6 heteroatoms. The molecule has 0 aliphatic rings. The van der Waals surface area contributed by atoms with Crippen molar-refractivity contribution >= 4 is 21.6 Å². The minimum atomic E-state index is -3.66. The summed E-state index contributed by atoms with van der Waals surface area (Å²) in [6.07, 6.45) is 0.769. The van der Waals surface area contributed by atoms with Crippen LogP contribution >= 0.6 is 0 Å². The first kappa shape index (κ1) is 20.6. The standard InChI is InChI=1S/C23H24N2O3S/c1-3-22(21-12-8-7-9-17(21)2)24-23(26)18-13-15-19(16-14-18)25-29(27,28)20-10-5-4-6-11-20/h4-16,22,25H,3H2,1-2H3,(H,24,26)/t22-/m0/s1. The molecule has 0 unspecified atom stereocenters. The molecule has 1 amide bonds. The Labute approximate surface area is 171 Å². The molecule has 0 heterocycles. The lowest BCUT2D eigenvalue weighted by molar-refractivity contribution is 0.0935. The third-order valence-corrected chi connectivity index (χ3v) is 6.13. The lowest BCUT2D eigenvalue weighted by Gasteiger charge is -2.19. The predicted octanol–water partition coefficient (Wildman–Crippen LogP) is 4.68. The maximum absolute atomic E-state index is 12.7. The number of hydrogen-bond donors (Lipinski definition) is 2. The van der Waals surface area contributed by atoms with E-state index in [1.807, 2.05) is 38.1 Å². The molecule has 3 aromatic rings. The van der Waals surface area contributed by atoms with E-state index in [0.29, 0.717) is 11.3 Å². The van der Waals surface area contributed by atoms with Crippen molar-refractivity contribution in [2.75, 3.05) is 4.72 Å². The van der Waals surface area contributed by atoms with Crippen LogP contribution in [-0.4, -0.2) is 14.3 Å². The second kappa shape index (κ2) is 8.92. The number of aryl methyl sites for hydroxylation is 1. The van der Waals surface area contributed by atoms with Gasteiger partial charge in [0.05, 0.1) is 10.9 Å². The van der Waals surface area contributed by atoms with Crippen molar-refractivity contribution in [1.82, 2.24) is 5.32 Å². The van der Waals surface area contributed by atoms with Crippen LogP contribution in [0.25, 0.3) is 0 Å². The van der Waals surface area contributed by atoms with Crippen LogP contribution in [0.1, 0.15) is 40.9 Å². The zero-order chi connectivity index (χ0) is 20.9. The second-order valence-electron chi connectivity index (χ2n) is 6.79. The van der Waals surface area contributed by atoms with E-state index in [1.54, 1.807) is 42.5 Å². The molecule has 3 aromatic carbocycles. The average molecular weight is 409 g/mol. The molecule has 0 spiro atoms. The maximum atomic E-state index is 12.7. The summed E-state index contributed by atoms with van der Waals surface area (Å²) >= 11 is 0. The lowest BCUT2D eigenvalue weighted by atomic mass is 9.99. The van der Waals surface area contributed by atoms with Crippen molar-refractivity contribution in [2.45, 2.75) is 31.2 Å². The van der Waals surface area contributed by atoms with Crippen molar-refractivity contribution in [3.63, 3.8) is 0 Å². The molecular weight excluding hydrogens is 384 g/mol. The summed E-state index contributed by atoms with van der Waals surface area (Å²) in [5.41, 5.74) is 3.09. The Kier molecular flexibility index (Phi) is 6.34. The van der Waals surface area contributed by atoms with Gasteiger partial charge in [-0.05, 0) is 60.9 Å². The molecular formula is C23H24N2O3S. The van der Waals surface area contributed by atoms with E-state index in [1.165, 1.54) is 12.1 Å². The van der Waals surface area contributed by atoms with Crippen molar-refractivity contribution in [1.29, 1.82) is 0 Å². The molecule has 0 aliphatic carbocycles. The minimum Gasteiger partial charge on any atom is -0.345 e. The first-order valence-electron chi connectivity index (χ1n) is 9.45. The molecule has 3 rings (SSSR count). The topological polar surface area (TPSA) is 75.3 Å². The van der Waals surface area contributed by atoms with Gasteiger partial charge in [0.1, 0.15) is 0 Å². The Balaban J connectivity index is 1.71. The van der Waals surface area contributed by atoms with Gasteiger partial charge < -0.3 is 5.32 Å². The number of carbonyl (C=O) groups is 1. The van der Waals surface area contributed by atoms with Crippen molar-refractivity contribution < 1.29 is 13.2 Å². The van der Waals surface area contributed by atoms with Gasteiger partial charge in [-0.25, -0.2) is 8.42 Å². The third kappa shape index (κ3) is 5.03. The van der Waals surface area contributed by atoms with E-state index in [9.17, 15) is 13.2 Å². The highest BCUT2D eigenvalue weighted by molar-refractivity contribution is 7.92. The predicted molar refractivity (Wildman–Crippen MR) is 115 cm³/mol. The molecule has 0 saturated carbocycles. The number of nitrogens with one attached hydrogen (secondary N) is 2. The van der Waals surface area contributed by atoms with Gasteiger partial charge in [0, 0.05) is 11.3 Å². The summed E-state index contributed by atoms with van der Waals surface area (Å²) in [5.74, 6) is -0.197. The molecule has 0 fully saturated rings. The minimum absolute atomic E-state index is 0.0834. The molecule has 2 N–H and O–H groups in total. The molecule has 29 heavy (non-hydrogen) atoms. The molecule has 0 aromatic heterocycles. The van der Waals surface area contributed by atoms with Crippen LogP contribution in [0.3, 0.4) is 0 Å². The SMILES string of the molecule is CC[C@H](NC(=O)c1ccc(NS(=O)(=O)c2ccccc2)cc1)c1ccccc1C. The average Bonchev–Trinajstić information content (AvgIpc) is 2.73. The van der Waals surface area contributed by atoms with Gasteiger partial charge in [0.2, 0.25) is 0 Å². The highest BCUT2D eigenvalue weighted by Crippen LogP contribution is 2.21. The van der Waals surface area contributed by atoms with Gasteiger partial charge in [-0.2, -0.15) is 0 Å². The molecule has 0 radical (unpaired) electrons. The summed E-state index contributed by atoms with van der Waals surface area (Å²) in [7, 11) is -3.66. The van der Waals surface area contributed by atoms with Crippen LogP contribution in [-0.2, 0) is 10.0 Å². The first-order valence-corrected chi connectivity index (χ1v) is 10.9. The maximum Gasteiger partial charge on any atom is 0.261 e. The Morgan fingerprint density at radius 2 is 1.52 bits per heavy atom. The molecule has 0 bridgehead atoms. The van der Waals surface area contributed by atoms with Gasteiger partial charge in [0.25, 0.3) is 15.9 Å². The zero-order valence-corrected chi connectivity index (χ0v) is 17.2. The summed E-state index contributed by atoms with van der Waals surface area (Å²) in [6, 6.07) is 22.4. The van der Waals surface area contributed by atoms with Crippen LogP contribution < -0.4 is 10.0 Å². The van der Waals surface area contributed by atoms with Crippen LogP contribution in [0, 0.1) is 6.92 Å². The number of sulfonamides is 1. The van der Waals surface area contributed by atoms with E-state index in [-0.39, 0.29) is 16.8 Å². The number of carbonyl (C=O) groups excluding carboxylic acids is 1. The summed E-state index contributed by atoms with van der Waals surface area (Å²) in [5, 5.41) is 3.06. The quantitative estimate of drug-likeness (QED) is 0.596. The van der Waals surface area contributed by atoms with E-state index in [2.05, 4.69) is 10.0 Å². The van der Waals surface area contributed by atoms with E-state index in [0.717, 1.165) is 17.5 Å². The molecule has 1 atom stereocenters. The number of amides is 1. The largest absolute Gasteiger partial charge is 0.345 e. The summed E-state index contributed by atoms with van der Waals surface area (Å²) in [6.45, 7) is 4.05. The van der Waals surface area contributed by atoms with Gasteiger partial charge in [-0.15, -0.1) is 0 Å². The van der Waals surface area contributed by atoms with E-state index < -0.39 is 10.0 Å². The fourth-order valence-corrected chi connectivity index (χ4v) is 4.20. The number of anilines is 1. The number of hydrogen-bond acceptors (Lipinski definition) is 3. The number of rotatable bonds is 7. The fraction of sp³-hybridized carbons (Fsp3) is 0.174. The van der Waals surface area contributed by atoms with Crippen molar-refractivity contribution in [2.24, 2.45) is 0 Å². The Morgan fingerprint density at radius 3 is 2.14 bits per heavy atom. The molecule has 0 saturated heterocycles. The fourth-order valence-electron chi connectivity index (χ4n) is 3.12. The third-order valence-electron chi connectivity index (χ3n) is 4.73. The second-order valence-corrected chi connectivity index (χ2v) is 8.47. The normalized spacial score (nSPS) is 12.2. The van der Waals surface area contributed by atoms with Crippen LogP contribution in [0.15, 0.2) is 83.8 Å². The van der Waals surface area contributed by atoms with E-state index >= 15 is 0 Å². The lowest BCUT2D eigenvalue weighted by Crippen LogP contribution is -2.28. The monoisotopic (exact) mass is 408 g/mol. The molecule has 150 valence electrons. The van der Waals surface area contributed by atoms with Gasteiger partial charge in [-0.3, -0.25) is 9.52 Å². The van der Waals surface area contributed by atoms with Gasteiger partial charge >= 0.3 is 0 Å². The first-order chi connectivity index (χ1) is 13.9. The molecule has 5 nitrogen and oxygen atoms in total.